The predicted molar refractivity (Wildman–Crippen MR) is 172 cm³/mol. The summed E-state index contributed by atoms with van der Waals surface area (Å²) in [5.74, 6) is 0.886. The van der Waals surface area contributed by atoms with Gasteiger partial charge in [-0.15, -0.1) is 0 Å². The molecule has 0 aromatic heterocycles. The summed E-state index contributed by atoms with van der Waals surface area (Å²) in [6, 6.07) is 15.3. The molecule has 3 aliphatic heterocycles. The lowest BCUT2D eigenvalue weighted by atomic mass is 9.88. The van der Waals surface area contributed by atoms with Gasteiger partial charge in [0.2, 0.25) is 5.91 Å². The zero-order chi connectivity index (χ0) is 30.1. The molecule has 0 radical (unpaired) electrons. The standard InChI is InChI=1S/C35H51N3O3Si/c1-26(39)37-18-13-27(14-19-37)21-28-11-12-30-16-20-38(34(40)33(30)22-28)25-32(41-42(5,6)35(2,3)4)24-36-17-15-29-9-7-8-10-31(29)23-36/h7-12,22,27,32H,13-21,23-25H2,1-6H3. The molecule has 42 heavy (non-hydrogen) atoms. The van der Waals surface area contributed by atoms with E-state index in [0.29, 0.717) is 12.5 Å². The van der Waals surface area contributed by atoms with Crippen LogP contribution in [0.3, 0.4) is 0 Å². The van der Waals surface area contributed by atoms with Crippen LogP contribution >= 0.6 is 0 Å². The third-order valence-electron chi connectivity index (χ3n) is 10.3. The number of piperidine rings is 1. The molecule has 1 saturated heterocycles. The van der Waals surface area contributed by atoms with E-state index in [-0.39, 0.29) is 23.0 Å². The van der Waals surface area contributed by atoms with E-state index in [4.69, 9.17) is 4.43 Å². The lowest BCUT2D eigenvalue weighted by Gasteiger charge is -2.43. The molecule has 0 saturated carbocycles. The number of amides is 2. The maximum atomic E-state index is 14.0. The third-order valence-corrected chi connectivity index (χ3v) is 14.8. The van der Waals surface area contributed by atoms with E-state index in [2.05, 4.69) is 86.1 Å². The molecule has 7 heteroatoms. The van der Waals surface area contributed by atoms with Crippen LogP contribution in [0.25, 0.3) is 0 Å². The first-order chi connectivity index (χ1) is 19.9. The second-order valence-electron chi connectivity index (χ2n) is 14.4. The molecule has 1 unspecified atom stereocenters. The fourth-order valence-corrected chi connectivity index (χ4v) is 7.96. The number of carbonyl (C=O) groups excluding carboxylic acids is 2. The molecule has 0 spiro atoms. The van der Waals surface area contributed by atoms with E-state index in [1.807, 2.05) is 4.90 Å². The summed E-state index contributed by atoms with van der Waals surface area (Å²) in [4.78, 5) is 32.2. The van der Waals surface area contributed by atoms with Gasteiger partial charge in [-0.2, -0.15) is 0 Å². The minimum Gasteiger partial charge on any atom is -0.411 e. The Morgan fingerprint density at radius 3 is 2.33 bits per heavy atom. The zero-order valence-electron chi connectivity index (χ0n) is 26.7. The predicted octanol–water partition coefficient (Wildman–Crippen LogP) is 5.93. The Labute approximate surface area is 254 Å². The number of likely N-dealkylation sites (tertiary alicyclic amines) is 1. The van der Waals surface area contributed by atoms with Gasteiger partial charge < -0.3 is 14.2 Å². The molecule has 1 atom stereocenters. The summed E-state index contributed by atoms with van der Waals surface area (Å²) >= 11 is 0. The van der Waals surface area contributed by atoms with Gasteiger partial charge >= 0.3 is 0 Å². The number of hydrogen-bond donors (Lipinski definition) is 0. The second-order valence-corrected chi connectivity index (χ2v) is 19.2. The molecule has 2 aromatic carbocycles. The van der Waals surface area contributed by atoms with Crippen LogP contribution in [-0.2, 0) is 35.0 Å². The zero-order valence-corrected chi connectivity index (χ0v) is 27.7. The van der Waals surface area contributed by atoms with Crippen LogP contribution in [0.4, 0.5) is 0 Å². The van der Waals surface area contributed by atoms with Crippen molar-refractivity contribution in [3.63, 3.8) is 0 Å². The molecule has 2 aromatic rings. The first-order valence-electron chi connectivity index (χ1n) is 16.0. The summed E-state index contributed by atoms with van der Waals surface area (Å²) in [7, 11) is -2.04. The van der Waals surface area contributed by atoms with Gasteiger partial charge in [0.15, 0.2) is 8.32 Å². The molecule has 3 heterocycles. The van der Waals surface area contributed by atoms with Crippen molar-refractivity contribution in [2.24, 2.45) is 5.92 Å². The summed E-state index contributed by atoms with van der Waals surface area (Å²) in [6.07, 6.45) is 4.97. The molecule has 0 aliphatic carbocycles. The van der Waals surface area contributed by atoms with Crippen LogP contribution in [0.2, 0.25) is 18.1 Å². The summed E-state index contributed by atoms with van der Waals surface area (Å²) in [5.41, 5.74) is 6.15. The monoisotopic (exact) mass is 589 g/mol. The fourth-order valence-electron chi connectivity index (χ4n) is 6.62. The second kappa shape index (κ2) is 12.6. The van der Waals surface area contributed by atoms with Crippen molar-refractivity contribution in [3.05, 3.63) is 70.3 Å². The van der Waals surface area contributed by atoms with Gasteiger partial charge in [-0.25, -0.2) is 0 Å². The Bertz CT molecular complexity index is 1280. The number of carbonyl (C=O) groups is 2. The lowest BCUT2D eigenvalue weighted by Crippen LogP contribution is -2.52. The fraction of sp³-hybridized carbons (Fsp3) is 0.600. The maximum Gasteiger partial charge on any atom is 0.254 e. The van der Waals surface area contributed by atoms with Crippen LogP contribution in [-0.4, -0.2) is 80.2 Å². The molecular weight excluding hydrogens is 538 g/mol. The molecule has 5 rings (SSSR count). The van der Waals surface area contributed by atoms with Crippen molar-refractivity contribution >= 4 is 20.1 Å². The quantitative estimate of drug-likeness (QED) is 0.358. The van der Waals surface area contributed by atoms with Gasteiger partial charge in [0.1, 0.15) is 0 Å². The van der Waals surface area contributed by atoms with Crippen molar-refractivity contribution in [1.29, 1.82) is 0 Å². The van der Waals surface area contributed by atoms with E-state index >= 15 is 0 Å². The van der Waals surface area contributed by atoms with Gasteiger partial charge in [0, 0.05) is 58.3 Å². The normalized spacial score (nSPS) is 19.4. The van der Waals surface area contributed by atoms with Crippen LogP contribution in [0.5, 0.6) is 0 Å². The highest BCUT2D eigenvalue weighted by Gasteiger charge is 2.40. The third kappa shape index (κ3) is 7.17. The smallest absolute Gasteiger partial charge is 0.254 e. The van der Waals surface area contributed by atoms with Crippen LogP contribution in [0, 0.1) is 5.92 Å². The van der Waals surface area contributed by atoms with Gasteiger partial charge in [0.05, 0.1) is 6.10 Å². The number of rotatable bonds is 8. The topological polar surface area (TPSA) is 53.1 Å². The number of benzene rings is 2. The molecule has 1 fully saturated rings. The maximum absolute atomic E-state index is 14.0. The molecule has 228 valence electrons. The Hall–Kier alpha value is -2.48. The van der Waals surface area contributed by atoms with Crippen molar-refractivity contribution < 1.29 is 14.0 Å². The van der Waals surface area contributed by atoms with Gasteiger partial charge in [-0.05, 0) is 84.5 Å². The van der Waals surface area contributed by atoms with E-state index < -0.39 is 8.32 Å². The van der Waals surface area contributed by atoms with E-state index in [1.54, 1.807) is 6.92 Å². The molecular formula is C35H51N3O3Si. The number of fused-ring (bicyclic) bond motifs is 2. The van der Waals surface area contributed by atoms with E-state index in [0.717, 1.165) is 76.9 Å². The van der Waals surface area contributed by atoms with E-state index in [9.17, 15) is 9.59 Å². The van der Waals surface area contributed by atoms with Crippen molar-refractivity contribution in [3.8, 4) is 0 Å². The molecule has 0 N–H and O–H groups in total. The average Bonchev–Trinajstić information content (AvgIpc) is 2.94. The molecule has 0 bridgehead atoms. The summed E-state index contributed by atoms with van der Waals surface area (Å²) in [6.45, 7) is 19.1. The average molecular weight is 590 g/mol. The highest BCUT2D eigenvalue weighted by atomic mass is 28.4. The minimum atomic E-state index is -2.04. The largest absolute Gasteiger partial charge is 0.411 e. The number of hydrogen-bond acceptors (Lipinski definition) is 4. The van der Waals surface area contributed by atoms with Crippen LogP contribution < -0.4 is 0 Å². The molecule has 6 nitrogen and oxygen atoms in total. The van der Waals surface area contributed by atoms with Crippen LogP contribution in [0.1, 0.15) is 73.1 Å². The van der Waals surface area contributed by atoms with E-state index in [1.165, 1.54) is 22.3 Å². The first kappa shape index (κ1) is 31.0. The van der Waals surface area contributed by atoms with Crippen LogP contribution in [0.15, 0.2) is 42.5 Å². The minimum absolute atomic E-state index is 0.0173. The van der Waals surface area contributed by atoms with Crippen molar-refractivity contribution in [1.82, 2.24) is 14.7 Å². The van der Waals surface area contributed by atoms with Crippen molar-refractivity contribution in [2.45, 2.75) is 90.6 Å². The lowest BCUT2D eigenvalue weighted by molar-refractivity contribution is -0.130. The van der Waals surface area contributed by atoms with Crippen molar-refractivity contribution in [2.75, 3.05) is 39.3 Å². The number of nitrogens with zero attached hydrogens (tertiary/aromatic N) is 3. The Morgan fingerprint density at radius 1 is 0.952 bits per heavy atom. The molecule has 2 amide bonds. The highest BCUT2D eigenvalue weighted by molar-refractivity contribution is 6.74. The molecule has 3 aliphatic rings. The highest BCUT2D eigenvalue weighted by Crippen LogP contribution is 2.38. The Kier molecular flexibility index (Phi) is 9.31. The SMILES string of the molecule is CC(=O)N1CCC(Cc2ccc3c(c2)C(=O)N(CC(CN2CCc4ccccc4C2)O[Si](C)(C)C(C)(C)C)CC3)CC1. The van der Waals surface area contributed by atoms with Gasteiger partial charge in [-0.3, -0.25) is 14.5 Å². The Balaban J connectivity index is 1.28. The summed E-state index contributed by atoms with van der Waals surface area (Å²) < 4.78 is 7.06. The first-order valence-corrected chi connectivity index (χ1v) is 18.9. The van der Waals surface area contributed by atoms with Gasteiger partial charge in [-0.1, -0.05) is 57.2 Å². The summed E-state index contributed by atoms with van der Waals surface area (Å²) in [5, 5.41) is 0.105. The van der Waals surface area contributed by atoms with Gasteiger partial charge in [0.25, 0.3) is 5.91 Å². The Morgan fingerprint density at radius 2 is 1.64 bits per heavy atom.